The van der Waals surface area contributed by atoms with E-state index >= 15 is 0 Å². The Bertz CT molecular complexity index is 2480. The van der Waals surface area contributed by atoms with Gasteiger partial charge in [0.2, 0.25) is 17.7 Å². The van der Waals surface area contributed by atoms with E-state index < -0.39 is 84.6 Å². The number of aromatic hydroxyl groups is 1. The maximum absolute atomic E-state index is 12.7. The smallest absolute Gasteiger partial charge is 0.481 e. The number of nitrogens with two attached hydrogens (primary N) is 1. The summed E-state index contributed by atoms with van der Waals surface area (Å²) in [5.74, 6) is -0.915. The molecule has 1 saturated heterocycles. The van der Waals surface area contributed by atoms with E-state index in [1.807, 2.05) is 24.3 Å². The van der Waals surface area contributed by atoms with Crippen molar-refractivity contribution in [2.24, 2.45) is 5.41 Å². The molecular formula is C35H49N8O18P3S. The number of nitrogen functional groups attached to an aromatic ring is 1. The Balaban J connectivity index is 0.985. The van der Waals surface area contributed by atoms with Crippen LogP contribution in [0.25, 0.3) is 21.9 Å². The van der Waals surface area contributed by atoms with Gasteiger partial charge in [0.1, 0.15) is 42.0 Å². The van der Waals surface area contributed by atoms with E-state index in [0.29, 0.717) is 18.7 Å². The van der Waals surface area contributed by atoms with Crippen molar-refractivity contribution in [2.45, 2.75) is 57.3 Å². The average Bonchev–Trinajstić information content (AvgIpc) is 3.78. The first kappa shape index (κ1) is 51.8. The summed E-state index contributed by atoms with van der Waals surface area (Å²) < 4.78 is 62.3. The number of ether oxygens (including phenoxy) is 1. The van der Waals surface area contributed by atoms with Crippen LogP contribution in [0.4, 0.5) is 5.82 Å². The van der Waals surface area contributed by atoms with Gasteiger partial charge in [0.25, 0.3) is 0 Å². The predicted molar refractivity (Wildman–Crippen MR) is 229 cm³/mol. The molecule has 12 N–H and O–H groups in total. The van der Waals surface area contributed by atoms with Gasteiger partial charge in [-0.05, 0) is 34.9 Å². The first-order valence-corrected chi connectivity index (χ1v) is 25.1. The van der Waals surface area contributed by atoms with Crippen LogP contribution in [0, 0.1) is 5.41 Å². The molecule has 1 aliphatic rings. The van der Waals surface area contributed by atoms with E-state index in [4.69, 9.17) is 19.5 Å². The lowest BCUT2D eigenvalue weighted by molar-refractivity contribution is -0.137. The number of benzene rings is 2. The van der Waals surface area contributed by atoms with E-state index in [1.165, 1.54) is 25.6 Å². The summed E-state index contributed by atoms with van der Waals surface area (Å²) in [7, 11) is -16.4. The molecule has 358 valence electrons. The minimum absolute atomic E-state index is 0.0257. The van der Waals surface area contributed by atoms with Gasteiger partial charge in [-0.2, -0.15) is 16.1 Å². The minimum atomic E-state index is -5.59. The number of phenols is 1. The second-order valence-electron chi connectivity index (χ2n) is 15.0. The first-order valence-electron chi connectivity index (χ1n) is 19.4. The summed E-state index contributed by atoms with van der Waals surface area (Å²) in [6, 6.07) is 10.9. The number of hydrogen-bond donors (Lipinski definition) is 11. The van der Waals surface area contributed by atoms with E-state index in [2.05, 4.69) is 39.7 Å². The zero-order chi connectivity index (χ0) is 47.7. The number of aliphatic hydroxyl groups is 2. The van der Waals surface area contributed by atoms with Crippen molar-refractivity contribution in [3.63, 3.8) is 0 Å². The third-order valence-corrected chi connectivity index (χ3v) is 13.6. The fourth-order valence-corrected chi connectivity index (χ4v) is 9.81. The monoisotopic (exact) mass is 994 g/mol. The van der Waals surface area contributed by atoms with Crippen LogP contribution >= 0.6 is 35.2 Å². The molecule has 5 rings (SSSR count). The molecule has 3 amide bonds. The molecule has 3 unspecified atom stereocenters. The largest absolute Gasteiger partial charge is 0.508 e. The minimum Gasteiger partial charge on any atom is -0.508 e. The number of rotatable bonds is 24. The lowest BCUT2D eigenvalue weighted by Crippen LogP contribution is -2.46. The van der Waals surface area contributed by atoms with Crippen molar-refractivity contribution in [3.05, 3.63) is 54.6 Å². The molecule has 2 aromatic carbocycles. The van der Waals surface area contributed by atoms with Crippen molar-refractivity contribution >= 4 is 80.7 Å². The number of carbonyl (C=O) groups excluding carboxylic acids is 3. The van der Waals surface area contributed by atoms with Crippen LogP contribution in [-0.2, 0) is 57.1 Å². The van der Waals surface area contributed by atoms with Crippen LogP contribution in [0.2, 0.25) is 0 Å². The number of phenolic OH excluding ortho intramolecular Hbond substituents is 1. The highest BCUT2D eigenvalue weighted by Gasteiger charge is 2.50. The molecule has 0 radical (unpaired) electrons. The lowest BCUT2D eigenvalue weighted by atomic mass is 9.87. The Morgan fingerprint density at radius 3 is 2.43 bits per heavy atom. The van der Waals surface area contributed by atoms with E-state index in [0.717, 1.165) is 33.6 Å². The van der Waals surface area contributed by atoms with Gasteiger partial charge in [-0.3, -0.25) is 32.5 Å². The van der Waals surface area contributed by atoms with Gasteiger partial charge in [0.15, 0.2) is 17.7 Å². The third kappa shape index (κ3) is 14.9. The molecule has 30 heteroatoms. The van der Waals surface area contributed by atoms with Crippen molar-refractivity contribution in [1.29, 1.82) is 0 Å². The number of nitrogens with one attached hydrogen (secondary N) is 3. The van der Waals surface area contributed by atoms with Crippen LogP contribution in [-0.4, -0.2) is 141 Å². The highest BCUT2D eigenvalue weighted by atomic mass is 32.2. The maximum Gasteiger partial charge on any atom is 0.481 e. The zero-order valence-electron chi connectivity index (χ0n) is 34.6. The highest BCUT2D eigenvalue weighted by Crippen LogP contribution is 2.61. The zero-order valence-corrected chi connectivity index (χ0v) is 38.1. The second kappa shape index (κ2) is 22.1. The van der Waals surface area contributed by atoms with E-state index in [9.17, 15) is 63.0 Å². The summed E-state index contributed by atoms with van der Waals surface area (Å²) in [5.41, 5.74) is 5.23. The van der Waals surface area contributed by atoms with Crippen LogP contribution in [0.1, 0.15) is 32.1 Å². The summed E-state index contributed by atoms with van der Waals surface area (Å²) in [6.45, 7) is 0.879. The van der Waals surface area contributed by atoms with Gasteiger partial charge in [-0.25, -0.2) is 28.6 Å². The summed E-state index contributed by atoms with van der Waals surface area (Å²) in [4.78, 5) is 88.4. The summed E-state index contributed by atoms with van der Waals surface area (Å²) in [5, 5.41) is 41.1. The first-order chi connectivity index (χ1) is 30.4. The third-order valence-electron chi connectivity index (χ3n) is 9.55. The second-order valence-corrected chi connectivity index (χ2v) is 20.4. The number of amides is 3. The van der Waals surface area contributed by atoms with Gasteiger partial charge in [-0.15, -0.1) is 0 Å². The molecule has 26 nitrogen and oxygen atoms in total. The van der Waals surface area contributed by atoms with Gasteiger partial charge < -0.3 is 61.3 Å². The Hall–Kier alpha value is -4.14. The number of imidazole rings is 1. The Labute approximate surface area is 374 Å². The normalized spacial score (nSPS) is 20.2. The Morgan fingerprint density at radius 2 is 1.69 bits per heavy atom. The number of hydrogen-bond acceptors (Lipinski definition) is 19. The van der Waals surface area contributed by atoms with Gasteiger partial charge in [0, 0.05) is 37.2 Å². The molecular weight excluding hydrogens is 945 g/mol. The summed E-state index contributed by atoms with van der Waals surface area (Å²) in [6.07, 6.45) is -6.41. The molecule has 7 atom stereocenters. The SMILES string of the molecule is CC(C)(COP(=O)(O)OP(=O)(O)OC[C@H]1O[C@@H](n2cnc3c(N)ncnc32)[C@H](O)[C@@H]1OP(=O)(O)O)C(O)C(=O)NCCC(=O)NCCSCC(=O)NCCc1cccc2ccc(O)cc12. The number of thioether (sulfide) groups is 1. The molecule has 0 spiro atoms. The molecule has 1 fully saturated rings. The lowest BCUT2D eigenvalue weighted by Gasteiger charge is -2.30. The molecule has 1 aliphatic heterocycles. The van der Waals surface area contributed by atoms with Gasteiger partial charge in [-0.1, -0.05) is 38.1 Å². The molecule has 3 heterocycles. The highest BCUT2D eigenvalue weighted by molar-refractivity contribution is 7.99. The molecule has 4 aromatic rings. The average molecular weight is 995 g/mol. The number of phosphoric acid groups is 3. The topological polar surface area (TPSA) is 396 Å². The number of carbonyl (C=O) groups is 3. The van der Waals surface area contributed by atoms with E-state index in [-0.39, 0.29) is 53.9 Å². The molecule has 65 heavy (non-hydrogen) atoms. The fraction of sp³-hybridized carbons (Fsp3) is 0.486. The van der Waals surface area contributed by atoms with Crippen LogP contribution in [0.5, 0.6) is 5.75 Å². The van der Waals surface area contributed by atoms with Gasteiger partial charge in [0.05, 0.1) is 25.3 Å². The maximum atomic E-state index is 12.7. The van der Waals surface area contributed by atoms with Crippen molar-refractivity contribution in [2.75, 3.05) is 50.1 Å². The molecule has 0 saturated carbocycles. The van der Waals surface area contributed by atoms with Crippen molar-refractivity contribution in [3.8, 4) is 5.75 Å². The Kier molecular flexibility index (Phi) is 17.6. The number of nitrogens with zero attached hydrogens (tertiary/aromatic N) is 4. The summed E-state index contributed by atoms with van der Waals surface area (Å²) >= 11 is 1.30. The van der Waals surface area contributed by atoms with Crippen LogP contribution in [0.15, 0.2) is 49.1 Å². The number of aliphatic hydroxyl groups excluding tert-OH is 2. The van der Waals surface area contributed by atoms with Gasteiger partial charge >= 0.3 is 23.5 Å². The van der Waals surface area contributed by atoms with E-state index in [1.54, 1.807) is 12.1 Å². The van der Waals surface area contributed by atoms with Crippen molar-refractivity contribution in [1.82, 2.24) is 35.5 Å². The standard InChI is InChI=1S/C35H49N8O18P3S/c1-35(2,30(48)33(49)39-11-9-25(45)38-12-13-65-16-26(46)37-10-8-21-5-3-4-20-6-7-22(44)14-23(20)21)17-58-64(55,56)61-63(53,54)57-15-24-29(60-62(50,51)52)28(47)34(59-24)43-19-42-27-31(36)40-18-41-32(27)43/h3-7,14,18-19,24,28-30,34,44,47-48H,8-13,15-17H2,1-2H3,(H,37,46)(H,38,45)(H,39,49)(H,53,54)(H,55,56)(H2,36,40,41)(H2,50,51,52)/t24-,28-,29-,30?,34-/m1/s1. The predicted octanol–water partition coefficient (Wildman–Crippen LogP) is 0.356. The fourth-order valence-electron chi connectivity index (χ4n) is 6.30. The number of aromatic nitrogens is 4. The van der Waals surface area contributed by atoms with Crippen LogP contribution < -0.4 is 21.7 Å². The molecule has 2 aromatic heterocycles. The van der Waals surface area contributed by atoms with Crippen molar-refractivity contribution < 1.29 is 85.6 Å². The quantitative estimate of drug-likeness (QED) is 0.0333. The molecule has 0 bridgehead atoms. The number of anilines is 1. The molecule has 0 aliphatic carbocycles. The van der Waals surface area contributed by atoms with Crippen LogP contribution in [0.3, 0.4) is 0 Å². The number of phosphoric ester groups is 3. The Morgan fingerprint density at radius 1 is 0.969 bits per heavy atom. The number of fused-ring (bicyclic) bond motifs is 2.